The van der Waals surface area contributed by atoms with Gasteiger partial charge in [0.05, 0.1) is 6.61 Å². The molecule has 0 radical (unpaired) electrons. The molecule has 2 aromatic rings. The third-order valence-corrected chi connectivity index (χ3v) is 4.22. The maximum absolute atomic E-state index is 12.5. The van der Waals surface area contributed by atoms with E-state index in [9.17, 15) is 14.9 Å². The molecule has 1 aliphatic heterocycles. The fraction of sp³-hybridized carbons (Fsp3) is 0.368. The average Bonchev–Trinajstić information content (AvgIpc) is 2.64. The molecule has 8 heteroatoms. The van der Waals surface area contributed by atoms with Crippen molar-refractivity contribution in [1.82, 2.24) is 4.98 Å². The predicted octanol–water partition coefficient (Wildman–Crippen LogP) is 3.27. The van der Waals surface area contributed by atoms with Gasteiger partial charge >= 0.3 is 5.82 Å². The number of rotatable bonds is 7. The number of ether oxygens (including phenoxy) is 2. The number of hydrogen-bond donors (Lipinski definition) is 0. The highest BCUT2D eigenvalue weighted by Crippen LogP contribution is 2.34. The van der Waals surface area contributed by atoms with E-state index in [0.29, 0.717) is 25.3 Å². The molecule has 8 nitrogen and oxygen atoms in total. The van der Waals surface area contributed by atoms with Crippen LogP contribution in [-0.4, -0.2) is 35.1 Å². The van der Waals surface area contributed by atoms with Crippen LogP contribution in [0.15, 0.2) is 36.4 Å². The molecule has 0 saturated heterocycles. The van der Waals surface area contributed by atoms with Crippen molar-refractivity contribution in [3.05, 3.63) is 52.1 Å². The molecule has 27 heavy (non-hydrogen) atoms. The maximum Gasteiger partial charge on any atom is 0.366 e. The zero-order valence-electron chi connectivity index (χ0n) is 15.3. The first-order valence-electron chi connectivity index (χ1n) is 8.78. The van der Waals surface area contributed by atoms with Crippen molar-refractivity contribution in [1.29, 1.82) is 0 Å². The van der Waals surface area contributed by atoms with Gasteiger partial charge in [0, 0.05) is 12.6 Å². The average molecular weight is 371 g/mol. The zero-order chi connectivity index (χ0) is 19.4. The van der Waals surface area contributed by atoms with Crippen molar-refractivity contribution in [3.63, 3.8) is 0 Å². The second kappa shape index (κ2) is 8.03. The molecular weight excluding hydrogens is 350 g/mol. The number of hydrogen-bond acceptors (Lipinski definition) is 6. The molecule has 0 aliphatic carbocycles. The van der Waals surface area contributed by atoms with Crippen LogP contribution in [0.25, 0.3) is 0 Å². The van der Waals surface area contributed by atoms with Crippen LogP contribution in [0.5, 0.6) is 11.5 Å². The van der Waals surface area contributed by atoms with Gasteiger partial charge in [-0.3, -0.25) is 9.69 Å². The lowest BCUT2D eigenvalue weighted by Crippen LogP contribution is -2.45. The Bertz CT molecular complexity index is 855. The van der Waals surface area contributed by atoms with E-state index < -0.39 is 11.0 Å². The molecule has 0 saturated carbocycles. The largest absolute Gasteiger partial charge is 0.494 e. The quantitative estimate of drug-likeness (QED) is 0.421. The number of nitro groups is 1. The number of carbonyl (C=O) groups excluding carboxylic acids is 1. The fourth-order valence-corrected chi connectivity index (χ4v) is 2.86. The molecule has 0 fully saturated rings. The molecule has 0 spiro atoms. The summed E-state index contributed by atoms with van der Waals surface area (Å²) in [5, 5.41) is 11.0. The van der Waals surface area contributed by atoms with E-state index in [0.717, 1.165) is 17.7 Å². The lowest BCUT2D eigenvalue weighted by atomic mass is 10.2. The molecule has 0 N–H and O–H groups in total. The highest BCUT2D eigenvalue weighted by Gasteiger charge is 2.36. The standard InChI is InChI=1S/C19H21N3O5/c1-13-6-5-7-15(12-13)26-11-4-3-10-21-18-16(27-14(2)19(21)23)8-9-17(20-18)22(24)25/h5-9,12,14H,3-4,10-11H2,1-2H3. The Balaban J connectivity index is 1.61. The van der Waals surface area contributed by atoms with Gasteiger partial charge in [-0.15, -0.1) is 0 Å². The molecule has 1 unspecified atom stereocenters. The number of aromatic nitrogens is 1. The number of anilines is 1. The van der Waals surface area contributed by atoms with Gasteiger partial charge in [-0.1, -0.05) is 12.1 Å². The number of amides is 1. The van der Waals surface area contributed by atoms with Gasteiger partial charge in [0.25, 0.3) is 11.7 Å². The van der Waals surface area contributed by atoms with Gasteiger partial charge < -0.3 is 19.6 Å². The van der Waals surface area contributed by atoms with Gasteiger partial charge in [0.2, 0.25) is 0 Å². The van der Waals surface area contributed by atoms with Gasteiger partial charge in [-0.25, -0.2) is 0 Å². The normalized spacial score (nSPS) is 15.9. The fourth-order valence-electron chi connectivity index (χ4n) is 2.86. The van der Waals surface area contributed by atoms with E-state index in [4.69, 9.17) is 9.47 Å². The topological polar surface area (TPSA) is 94.8 Å². The number of nitrogens with zero attached hydrogens (tertiary/aromatic N) is 3. The summed E-state index contributed by atoms with van der Waals surface area (Å²) in [4.78, 5) is 28.3. The summed E-state index contributed by atoms with van der Waals surface area (Å²) in [6.07, 6.45) is 0.759. The summed E-state index contributed by atoms with van der Waals surface area (Å²) in [5.41, 5.74) is 1.13. The smallest absolute Gasteiger partial charge is 0.366 e. The Morgan fingerprint density at radius 1 is 1.30 bits per heavy atom. The number of aryl methyl sites for hydroxylation is 1. The maximum atomic E-state index is 12.5. The second-order valence-corrected chi connectivity index (χ2v) is 6.37. The minimum absolute atomic E-state index is 0.201. The minimum Gasteiger partial charge on any atom is -0.494 e. The van der Waals surface area contributed by atoms with Crippen LogP contribution in [0.2, 0.25) is 0 Å². The van der Waals surface area contributed by atoms with Crippen LogP contribution >= 0.6 is 0 Å². The number of unbranched alkanes of at least 4 members (excludes halogenated alkanes) is 1. The van der Waals surface area contributed by atoms with E-state index in [2.05, 4.69) is 4.98 Å². The van der Waals surface area contributed by atoms with Crippen LogP contribution in [0.1, 0.15) is 25.3 Å². The lowest BCUT2D eigenvalue weighted by Gasteiger charge is -2.29. The van der Waals surface area contributed by atoms with Crippen molar-refractivity contribution in [3.8, 4) is 11.5 Å². The Hall–Kier alpha value is -3.16. The summed E-state index contributed by atoms with van der Waals surface area (Å²) in [6.45, 7) is 4.57. The number of carbonyl (C=O) groups is 1. The molecule has 1 aliphatic rings. The highest BCUT2D eigenvalue weighted by molar-refractivity contribution is 5.98. The van der Waals surface area contributed by atoms with Crippen molar-refractivity contribution >= 4 is 17.5 Å². The summed E-state index contributed by atoms with van der Waals surface area (Å²) >= 11 is 0. The Kier molecular flexibility index (Phi) is 5.54. The lowest BCUT2D eigenvalue weighted by molar-refractivity contribution is -0.389. The van der Waals surface area contributed by atoms with Crippen LogP contribution in [0.4, 0.5) is 11.6 Å². The Morgan fingerprint density at radius 3 is 2.85 bits per heavy atom. The van der Waals surface area contributed by atoms with E-state index in [-0.39, 0.29) is 17.5 Å². The van der Waals surface area contributed by atoms with Gasteiger partial charge in [0.15, 0.2) is 11.9 Å². The first kappa shape index (κ1) is 18.6. The highest BCUT2D eigenvalue weighted by atomic mass is 16.6. The summed E-state index contributed by atoms with van der Waals surface area (Å²) in [6, 6.07) is 10.6. The van der Waals surface area contributed by atoms with Crippen molar-refractivity contribution in [2.45, 2.75) is 32.8 Å². The van der Waals surface area contributed by atoms with Gasteiger partial charge in [-0.05, 0) is 60.4 Å². The molecular formula is C19H21N3O5. The third-order valence-electron chi connectivity index (χ3n) is 4.22. The van der Waals surface area contributed by atoms with E-state index in [1.807, 2.05) is 31.2 Å². The van der Waals surface area contributed by atoms with Crippen LogP contribution in [0, 0.1) is 17.0 Å². The number of pyridine rings is 1. The molecule has 1 atom stereocenters. The summed E-state index contributed by atoms with van der Waals surface area (Å²) in [7, 11) is 0. The Morgan fingerprint density at radius 2 is 2.11 bits per heavy atom. The van der Waals surface area contributed by atoms with E-state index >= 15 is 0 Å². The summed E-state index contributed by atoms with van der Waals surface area (Å²) in [5.74, 6) is 0.826. The van der Waals surface area contributed by atoms with Crippen molar-refractivity contribution in [2.75, 3.05) is 18.1 Å². The van der Waals surface area contributed by atoms with Crippen LogP contribution in [-0.2, 0) is 4.79 Å². The minimum atomic E-state index is -0.649. The number of fused-ring (bicyclic) bond motifs is 1. The predicted molar refractivity (Wildman–Crippen MR) is 99.2 cm³/mol. The summed E-state index contributed by atoms with van der Waals surface area (Å²) < 4.78 is 11.2. The van der Waals surface area contributed by atoms with E-state index in [1.54, 1.807) is 6.92 Å². The first-order chi connectivity index (χ1) is 13.0. The van der Waals surface area contributed by atoms with Gasteiger partial charge in [0.1, 0.15) is 5.75 Å². The number of benzene rings is 1. The molecule has 2 heterocycles. The van der Waals surface area contributed by atoms with Crippen molar-refractivity contribution in [2.24, 2.45) is 0 Å². The molecule has 1 aromatic carbocycles. The zero-order valence-corrected chi connectivity index (χ0v) is 15.3. The first-order valence-corrected chi connectivity index (χ1v) is 8.78. The molecule has 142 valence electrons. The monoisotopic (exact) mass is 371 g/mol. The van der Waals surface area contributed by atoms with E-state index in [1.165, 1.54) is 17.0 Å². The van der Waals surface area contributed by atoms with Gasteiger partial charge in [-0.2, -0.15) is 0 Å². The molecule has 3 rings (SSSR count). The van der Waals surface area contributed by atoms with Crippen molar-refractivity contribution < 1.29 is 19.2 Å². The SMILES string of the molecule is Cc1cccc(OCCCCN2C(=O)C(C)Oc3ccc([N+](=O)[O-])nc32)c1. The Labute approximate surface area is 156 Å². The molecule has 1 amide bonds. The third kappa shape index (κ3) is 4.33. The van der Waals surface area contributed by atoms with Crippen LogP contribution in [0.3, 0.4) is 0 Å². The second-order valence-electron chi connectivity index (χ2n) is 6.37. The van der Waals surface area contributed by atoms with Crippen LogP contribution < -0.4 is 14.4 Å². The molecule has 0 bridgehead atoms. The molecule has 1 aromatic heterocycles.